The van der Waals surface area contributed by atoms with Crippen LogP contribution in [0.4, 0.5) is 0 Å². The summed E-state index contributed by atoms with van der Waals surface area (Å²) >= 11 is 0. The second kappa shape index (κ2) is 55.7. The van der Waals surface area contributed by atoms with Gasteiger partial charge in [-0.15, -0.1) is 0 Å². The maximum absolute atomic E-state index is 12.9. The van der Waals surface area contributed by atoms with Crippen LogP contribution in [-0.4, -0.2) is 82.3 Å². The Morgan fingerprint density at radius 1 is 0.411 bits per heavy atom. The third-order valence-electron chi connectivity index (χ3n) is 13.9. The van der Waals surface area contributed by atoms with Gasteiger partial charge < -0.3 is 33.3 Å². The van der Waals surface area contributed by atoms with Gasteiger partial charge in [-0.25, -0.2) is 0 Å². The van der Waals surface area contributed by atoms with E-state index in [2.05, 4.69) is 50.3 Å². The summed E-state index contributed by atoms with van der Waals surface area (Å²) in [6.07, 6.45) is 64.9. The Balaban J connectivity index is 4.17. The number of carboxylic acids is 1. The van der Waals surface area contributed by atoms with Crippen LogP contribution in [0.25, 0.3) is 0 Å². The van der Waals surface area contributed by atoms with Crippen molar-refractivity contribution in [2.45, 2.75) is 309 Å². The fourth-order valence-corrected chi connectivity index (χ4v) is 9.08. The zero-order chi connectivity index (χ0) is 53.4. The van der Waals surface area contributed by atoms with Crippen molar-refractivity contribution >= 4 is 17.9 Å². The summed E-state index contributed by atoms with van der Waals surface area (Å²) in [4.78, 5) is 37.3. The van der Waals surface area contributed by atoms with Gasteiger partial charge in [0.2, 0.25) is 0 Å². The summed E-state index contributed by atoms with van der Waals surface area (Å²) in [5, 5.41) is 11.8. The Labute approximate surface area is 451 Å². The molecule has 0 rings (SSSR count). The quantitative estimate of drug-likeness (QED) is 0.0195. The van der Waals surface area contributed by atoms with Crippen molar-refractivity contribution in [2.24, 2.45) is 0 Å². The van der Waals surface area contributed by atoms with Gasteiger partial charge in [0.1, 0.15) is 13.2 Å². The van der Waals surface area contributed by atoms with Crippen molar-refractivity contribution in [1.82, 2.24) is 0 Å². The molecule has 0 spiro atoms. The number of unbranched alkanes of at least 4 members (excludes halogenated alkanes) is 37. The van der Waals surface area contributed by atoms with Gasteiger partial charge in [0.15, 0.2) is 12.4 Å². The van der Waals surface area contributed by atoms with Crippen LogP contribution in [0.1, 0.15) is 296 Å². The lowest BCUT2D eigenvalue weighted by Gasteiger charge is -2.26. The normalized spacial score (nSPS) is 12.9. The van der Waals surface area contributed by atoms with Gasteiger partial charge in [0.25, 0.3) is 0 Å². The Kier molecular flexibility index (Phi) is 53.8. The largest absolute Gasteiger partial charge is 0.545 e. The van der Waals surface area contributed by atoms with Crippen molar-refractivity contribution < 1.29 is 42.9 Å². The second-order valence-corrected chi connectivity index (χ2v) is 22.4. The van der Waals surface area contributed by atoms with Crippen LogP contribution in [0.3, 0.4) is 0 Å². The first-order chi connectivity index (χ1) is 35.6. The lowest BCUT2D eigenvalue weighted by atomic mass is 10.0. The average Bonchev–Trinajstić information content (AvgIpc) is 3.36. The van der Waals surface area contributed by atoms with Crippen LogP contribution in [0, 0.1) is 0 Å². The number of esters is 2. The molecule has 0 aromatic heterocycles. The number of allylic oxidation sites excluding steroid dienone is 6. The maximum atomic E-state index is 12.9. The summed E-state index contributed by atoms with van der Waals surface area (Å²) in [5.74, 6) is -2.28. The first kappa shape index (κ1) is 70.5. The van der Waals surface area contributed by atoms with Crippen molar-refractivity contribution in [3.63, 3.8) is 0 Å². The predicted molar refractivity (Wildman–Crippen MR) is 306 cm³/mol. The number of carbonyl (C=O) groups is 3. The Morgan fingerprint density at radius 2 is 0.740 bits per heavy atom. The van der Waals surface area contributed by atoms with E-state index in [4.69, 9.17) is 18.9 Å². The summed E-state index contributed by atoms with van der Waals surface area (Å²) in [6.45, 7) is 4.77. The summed E-state index contributed by atoms with van der Waals surface area (Å²) < 4.78 is 22.7. The lowest BCUT2D eigenvalue weighted by Crippen LogP contribution is -2.44. The molecule has 0 aliphatic rings. The summed E-state index contributed by atoms with van der Waals surface area (Å²) in [5.41, 5.74) is 0. The average molecular weight is 1030 g/mol. The number of nitrogens with zero attached hydrogens (tertiary/aromatic N) is 1. The van der Waals surface area contributed by atoms with Crippen LogP contribution in [0.15, 0.2) is 36.5 Å². The molecule has 0 saturated carbocycles. The second-order valence-electron chi connectivity index (χ2n) is 22.4. The Morgan fingerprint density at radius 3 is 1.10 bits per heavy atom. The number of ether oxygens (including phenoxy) is 4. The molecule has 0 aromatic rings. The van der Waals surface area contributed by atoms with E-state index in [0.29, 0.717) is 23.9 Å². The van der Waals surface area contributed by atoms with Gasteiger partial charge in [-0.3, -0.25) is 9.59 Å². The maximum Gasteiger partial charge on any atom is 0.306 e. The molecule has 0 saturated heterocycles. The van der Waals surface area contributed by atoms with Crippen LogP contribution in [0.5, 0.6) is 0 Å². The number of carbonyl (C=O) groups excluding carboxylic acids is 3. The molecule has 0 amide bonds. The number of rotatable bonds is 58. The van der Waals surface area contributed by atoms with E-state index in [-0.39, 0.29) is 32.2 Å². The van der Waals surface area contributed by atoms with Gasteiger partial charge in [-0.2, -0.15) is 0 Å². The molecule has 0 heterocycles. The van der Waals surface area contributed by atoms with Gasteiger partial charge in [-0.05, 0) is 51.4 Å². The number of aliphatic carboxylic acids is 1. The summed E-state index contributed by atoms with van der Waals surface area (Å²) in [6, 6.07) is 0. The minimum absolute atomic E-state index is 0.146. The highest BCUT2D eigenvalue weighted by atomic mass is 16.7. The van der Waals surface area contributed by atoms with E-state index in [1.807, 2.05) is 21.1 Å². The fourth-order valence-electron chi connectivity index (χ4n) is 9.08. The first-order valence-electron chi connectivity index (χ1n) is 31.1. The van der Waals surface area contributed by atoms with Gasteiger partial charge in [0, 0.05) is 12.8 Å². The molecule has 0 fully saturated rings. The molecule has 2 unspecified atom stereocenters. The molecule has 0 aromatic carbocycles. The molecule has 9 nitrogen and oxygen atoms in total. The van der Waals surface area contributed by atoms with E-state index in [1.165, 1.54) is 193 Å². The SMILES string of the molecule is CCCCCCC/C=C\C/C=C\C/C=C\CCCCCCCCC(=O)OC(COC(=O)CCCCCCCCCCCCCCCCCCCCCCCCCCCCC)COC(OCC[N+](C)(C)C)C(=O)[O-]. The summed E-state index contributed by atoms with van der Waals surface area (Å²) in [7, 11) is 5.93. The number of hydrogen-bond donors (Lipinski definition) is 0. The molecule has 2 atom stereocenters. The molecule has 428 valence electrons. The third kappa shape index (κ3) is 57.1. The van der Waals surface area contributed by atoms with E-state index < -0.39 is 24.3 Å². The van der Waals surface area contributed by atoms with Crippen LogP contribution < -0.4 is 5.11 Å². The molecular formula is C64H119NO8. The number of likely N-dealkylation sites (N-methyl/N-ethyl adjacent to an activating group) is 1. The van der Waals surface area contributed by atoms with E-state index in [1.54, 1.807) is 0 Å². The lowest BCUT2D eigenvalue weighted by molar-refractivity contribution is -0.870. The number of quaternary nitrogens is 1. The molecular weight excluding hydrogens is 911 g/mol. The molecule has 0 bridgehead atoms. The topological polar surface area (TPSA) is 111 Å². The van der Waals surface area contributed by atoms with E-state index in [0.717, 1.165) is 70.6 Å². The minimum Gasteiger partial charge on any atom is -0.545 e. The van der Waals surface area contributed by atoms with Gasteiger partial charge >= 0.3 is 11.9 Å². The highest BCUT2D eigenvalue weighted by Gasteiger charge is 2.22. The van der Waals surface area contributed by atoms with E-state index in [9.17, 15) is 19.5 Å². The third-order valence-corrected chi connectivity index (χ3v) is 13.9. The Bertz CT molecular complexity index is 1290. The molecule has 9 heteroatoms. The standard InChI is InChI=1S/C64H119NO8/c1-6-8-10-12-14-16-18-20-22-24-26-28-29-30-31-32-33-35-36-38-40-42-44-46-48-50-52-54-61(66)71-58-60(59-72-64(63(68)69)70-57-56-65(3,4)5)73-62(67)55-53-51-49-47-45-43-41-39-37-34-27-25-23-21-19-17-15-13-11-9-7-2/h19,21,25,27,37,39,60,64H,6-18,20,22-24,26,28-36,38,40-59H2,1-5H3/b21-19-,27-25-,39-37-. The molecule has 0 aliphatic carbocycles. The van der Waals surface area contributed by atoms with Crippen molar-refractivity contribution in [1.29, 1.82) is 0 Å². The van der Waals surface area contributed by atoms with Gasteiger partial charge in [0.05, 0.1) is 40.3 Å². The molecule has 0 aliphatic heterocycles. The minimum atomic E-state index is -1.62. The first-order valence-corrected chi connectivity index (χ1v) is 31.1. The molecule has 0 radical (unpaired) electrons. The molecule has 0 N–H and O–H groups in total. The van der Waals surface area contributed by atoms with Crippen LogP contribution in [-0.2, 0) is 33.3 Å². The van der Waals surface area contributed by atoms with Crippen molar-refractivity contribution in [3.05, 3.63) is 36.5 Å². The Hall–Kier alpha value is -2.49. The number of hydrogen-bond acceptors (Lipinski definition) is 8. The van der Waals surface area contributed by atoms with Crippen LogP contribution in [0.2, 0.25) is 0 Å². The van der Waals surface area contributed by atoms with Gasteiger partial charge in [-0.1, -0.05) is 269 Å². The monoisotopic (exact) mass is 1030 g/mol. The number of carboxylic acid groups (broad SMARTS) is 1. The zero-order valence-corrected chi connectivity index (χ0v) is 48.8. The highest BCUT2D eigenvalue weighted by molar-refractivity contribution is 5.70. The van der Waals surface area contributed by atoms with Crippen LogP contribution >= 0.6 is 0 Å². The zero-order valence-electron chi connectivity index (χ0n) is 48.8. The van der Waals surface area contributed by atoms with Crippen molar-refractivity contribution in [3.8, 4) is 0 Å². The molecule has 73 heavy (non-hydrogen) atoms. The highest BCUT2D eigenvalue weighted by Crippen LogP contribution is 2.18. The van der Waals surface area contributed by atoms with Crippen molar-refractivity contribution in [2.75, 3.05) is 47.5 Å². The predicted octanol–water partition coefficient (Wildman–Crippen LogP) is 17.1. The smallest absolute Gasteiger partial charge is 0.306 e. The fraction of sp³-hybridized carbons (Fsp3) is 0.859. The van der Waals surface area contributed by atoms with E-state index >= 15 is 0 Å².